The first kappa shape index (κ1) is 32.4. The first-order valence-corrected chi connectivity index (χ1v) is 18.5. The van der Waals surface area contributed by atoms with Crippen molar-refractivity contribution in [2.24, 2.45) is 0 Å². The fourth-order valence-corrected chi connectivity index (χ4v) is 10.5. The fraction of sp³-hybridized carbons (Fsp3) is 0.130. The van der Waals surface area contributed by atoms with Crippen LogP contribution in [0.1, 0.15) is 33.4 Å². The summed E-state index contributed by atoms with van der Waals surface area (Å²) in [5.41, 5.74) is 10.6. The molecule has 0 N–H and O–H groups in total. The summed E-state index contributed by atoms with van der Waals surface area (Å²) in [7, 11) is 0. The van der Waals surface area contributed by atoms with E-state index in [-0.39, 0.29) is 18.2 Å². The van der Waals surface area contributed by atoms with Crippen LogP contribution < -0.4 is 42.3 Å². The number of rotatable bonds is 0. The Kier molecular flexibility index (Phi) is 5.83. The molecule has 2 nitrogen and oxygen atoms in total. The summed E-state index contributed by atoms with van der Waals surface area (Å²) in [6.45, 7) is 7.41. The lowest BCUT2D eigenvalue weighted by Crippen LogP contribution is -2.58. The molecule has 4 heterocycles. The summed E-state index contributed by atoms with van der Waals surface area (Å²) in [5, 5.41) is 5.90. The molecule has 0 saturated carbocycles. The standard InChI is InChI=1S/C46H26B2F6O2/c1-19-5-7-31-35(10-19)55-37-11-20(2)9-29-27-12-21(3)25-18-34-40-28(13-22(4)26-17-33(47(31)43(29)37)39(27)41(25)42(26)40)30-14-24(46(52,53)54)16-38-44(30)48(34)32-8-6-23(45(49,50)51)15-36(32)56-38/h5-18H,1-4H3. The topological polar surface area (TPSA) is 18.5 Å². The van der Waals surface area contributed by atoms with Crippen molar-refractivity contribution in [2.45, 2.75) is 40.0 Å². The number of aryl methyl sites for hydroxylation is 4. The second-order valence-electron chi connectivity index (χ2n) is 16.0. The number of hydrogen-bond acceptors (Lipinski definition) is 2. The minimum Gasteiger partial charge on any atom is -0.458 e. The zero-order chi connectivity index (χ0) is 38.5. The Morgan fingerprint density at radius 3 is 1.46 bits per heavy atom. The van der Waals surface area contributed by atoms with E-state index >= 15 is 0 Å². The van der Waals surface area contributed by atoms with Gasteiger partial charge < -0.3 is 9.47 Å². The van der Waals surface area contributed by atoms with Gasteiger partial charge in [-0.05, 0) is 157 Å². The maximum atomic E-state index is 14.6. The normalized spacial score (nSPS) is 14.5. The van der Waals surface area contributed by atoms with E-state index in [2.05, 4.69) is 62.4 Å². The molecule has 8 aromatic carbocycles. The smallest absolute Gasteiger partial charge is 0.416 e. The number of benzene rings is 8. The van der Waals surface area contributed by atoms with Crippen LogP contribution in [0.2, 0.25) is 0 Å². The minimum atomic E-state index is -4.72. The van der Waals surface area contributed by atoms with Crippen LogP contribution >= 0.6 is 0 Å². The lowest BCUT2D eigenvalue weighted by Gasteiger charge is -2.37. The molecule has 4 aliphatic rings. The monoisotopic (exact) mass is 746 g/mol. The molecular formula is C46H26B2F6O2. The number of alkyl halides is 6. The molecule has 8 aromatic rings. The Bertz CT molecular complexity index is 3180. The number of halogens is 6. The zero-order valence-corrected chi connectivity index (χ0v) is 30.3. The highest BCUT2D eigenvalue weighted by molar-refractivity contribution is 7.01. The Morgan fingerprint density at radius 1 is 0.411 bits per heavy atom. The molecule has 270 valence electrons. The van der Waals surface area contributed by atoms with Gasteiger partial charge in [0.25, 0.3) is 13.4 Å². The van der Waals surface area contributed by atoms with Gasteiger partial charge in [-0.3, -0.25) is 0 Å². The van der Waals surface area contributed by atoms with Crippen molar-refractivity contribution in [2.75, 3.05) is 0 Å². The van der Waals surface area contributed by atoms with Crippen molar-refractivity contribution < 1.29 is 35.8 Å². The van der Waals surface area contributed by atoms with Crippen LogP contribution in [0.3, 0.4) is 0 Å². The number of ether oxygens (including phenoxy) is 2. The molecule has 10 heteroatoms. The van der Waals surface area contributed by atoms with E-state index in [9.17, 15) is 26.3 Å². The highest BCUT2D eigenvalue weighted by Gasteiger charge is 2.46. The zero-order valence-electron chi connectivity index (χ0n) is 30.3. The van der Waals surface area contributed by atoms with E-state index in [4.69, 9.17) is 9.47 Å². The second-order valence-corrected chi connectivity index (χ2v) is 16.0. The van der Waals surface area contributed by atoms with Gasteiger partial charge in [0.2, 0.25) is 0 Å². The van der Waals surface area contributed by atoms with Crippen molar-refractivity contribution in [3.63, 3.8) is 0 Å². The maximum absolute atomic E-state index is 14.6. The third-order valence-corrected chi connectivity index (χ3v) is 12.7. The van der Waals surface area contributed by atoms with E-state index in [1.165, 1.54) is 12.1 Å². The third kappa shape index (κ3) is 3.96. The summed E-state index contributed by atoms with van der Waals surface area (Å²) in [5.74, 6) is 1.47. The quantitative estimate of drug-likeness (QED) is 0.0877. The van der Waals surface area contributed by atoms with Crippen molar-refractivity contribution in [3.05, 3.63) is 118 Å². The lowest BCUT2D eigenvalue weighted by atomic mass is 9.31. The molecule has 0 spiro atoms. The van der Waals surface area contributed by atoms with Crippen LogP contribution in [0.15, 0.2) is 84.9 Å². The molecule has 12 rings (SSSR count). The molecule has 0 unspecified atom stereocenters. The highest BCUT2D eigenvalue weighted by Crippen LogP contribution is 2.49. The van der Waals surface area contributed by atoms with E-state index in [1.54, 1.807) is 0 Å². The van der Waals surface area contributed by atoms with Crippen LogP contribution in [0, 0.1) is 27.7 Å². The Morgan fingerprint density at radius 2 is 0.893 bits per heavy atom. The van der Waals surface area contributed by atoms with Gasteiger partial charge in [0, 0.05) is 0 Å². The number of hydrogen-bond donors (Lipinski definition) is 0. The van der Waals surface area contributed by atoms with Gasteiger partial charge in [-0.15, -0.1) is 0 Å². The average Bonchev–Trinajstić information content (AvgIpc) is 3.13. The summed E-state index contributed by atoms with van der Waals surface area (Å²) >= 11 is 0. The molecule has 0 saturated heterocycles. The van der Waals surface area contributed by atoms with E-state index in [0.717, 1.165) is 117 Å². The van der Waals surface area contributed by atoms with Crippen molar-refractivity contribution in [1.29, 1.82) is 0 Å². The first-order chi connectivity index (χ1) is 26.7. The van der Waals surface area contributed by atoms with Crippen LogP contribution in [0.25, 0.3) is 54.6 Å². The molecular weight excluding hydrogens is 720 g/mol. The van der Waals surface area contributed by atoms with E-state index in [0.29, 0.717) is 22.1 Å². The van der Waals surface area contributed by atoms with Gasteiger partial charge in [-0.1, -0.05) is 65.5 Å². The maximum Gasteiger partial charge on any atom is 0.416 e. The van der Waals surface area contributed by atoms with Crippen molar-refractivity contribution >= 4 is 78.5 Å². The van der Waals surface area contributed by atoms with Gasteiger partial charge in [0.05, 0.1) is 11.1 Å². The van der Waals surface area contributed by atoms with Gasteiger partial charge in [0.1, 0.15) is 23.0 Å². The fourth-order valence-electron chi connectivity index (χ4n) is 10.5. The minimum absolute atomic E-state index is 0.0834. The van der Waals surface area contributed by atoms with E-state index in [1.807, 2.05) is 19.9 Å². The number of fused-ring (bicyclic) bond motifs is 8. The van der Waals surface area contributed by atoms with Crippen LogP contribution in [0.5, 0.6) is 23.0 Å². The molecule has 0 fully saturated rings. The highest BCUT2D eigenvalue weighted by atomic mass is 19.4. The average molecular weight is 746 g/mol. The molecule has 4 aliphatic heterocycles. The lowest BCUT2D eigenvalue weighted by molar-refractivity contribution is -0.138. The molecule has 0 bridgehead atoms. The Balaban J connectivity index is 1.26. The molecule has 0 atom stereocenters. The SMILES string of the molecule is Cc1ccc2c(c1)Oc1cc(C)cc3c1B2c1cc2c(C)cc4c5c(cc6c(C)cc-3c1c6c25)B1c2ccc(C(F)(F)F)cc2Oc2cc(C(F)(F)F)cc-4c21. The predicted octanol–water partition coefficient (Wildman–Crippen LogP) is 9.06. The van der Waals surface area contributed by atoms with Crippen LogP contribution in [-0.4, -0.2) is 13.4 Å². The molecule has 0 radical (unpaired) electrons. The first-order valence-electron chi connectivity index (χ1n) is 18.5. The summed E-state index contributed by atoms with van der Waals surface area (Å²) in [6.07, 6.45) is -9.39. The largest absolute Gasteiger partial charge is 0.458 e. The van der Waals surface area contributed by atoms with Crippen LogP contribution in [0.4, 0.5) is 26.3 Å². The second kappa shape index (κ2) is 10.1. The predicted molar refractivity (Wildman–Crippen MR) is 212 cm³/mol. The molecule has 0 aromatic heterocycles. The van der Waals surface area contributed by atoms with Crippen molar-refractivity contribution in [3.8, 4) is 45.3 Å². The summed E-state index contributed by atoms with van der Waals surface area (Å²) in [4.78, 5) is 0. The third-order valence-electron chi connectivity index (χ3n) is 12.7. The molecule has 0 aliphatic carbocycles. The van der Waals surface area contributed by atoms with Gasteiger partial charge >= 0.3 is 12.4 Å². The molecule has 56 heavy (non-hydrogen) atoms. The van der Waals surface area contributed by atoms with Gasteiger partial charge in [-0.25, -0.2) is 0 Å². The van der Waals surface area contributed by atoms with Gasteiger partial charge in [-0.2, -0.15) is 26.3 Å². The van der Waals surface area contributed by atoms with Crippen molar-refractivity contribution in [1.82, 2.24) is 0 Å². The van der Waals surface area contributed by atoms with Gasteiger partial charge in [0.15, 0.2) is 0 Å². The van der Waals surface area contributed by atoms with E-state index < -0.39 is 30.2 Å². The van der Waals surface area contributed by atoms with Crippen LogP contribution in [-0.2, 0) is 12.4 Å². The summed E-state index contributed by atoms with van der Waals surface area (Å²) < 4.78 is 98.7. The Hall–Kier alpha value is -5.89. The molecule has 0 amide bonds. The Labute approximate surface area is 317 Å². The summed E-state index contributed by atoms with van der Waals surface area (Å²) in [6, 6.07) is 24.8.